The molecule has 0 radical (unpaired) electrons. The van der Waals surface area contributed by atoms with Gasteiger partial charge in [-0.2, -0.15) is 24.9 Å². The van der Waals surface area contributed by atoms with Crippen LogP contribution in [0, 0.1) is 11.6 Å². The molecule has 0 aliphatic carbocycles. The SMILES string of the molecule is O=C(c1ccccc1C(F)(F)F)N1CCS[C@H](c2cc(F)ccc2F)CC1. The van der Waals surface area contributed by atoms with Gasteiger partial charge in [0.05, 0.1) is 11.1 Å². The second-order valence-electron chi connectivity index (χ2n) is 6.15. The number of halogens is 5. The van der Waals surface area contributed by atoms with E-state index >= 15 is 0 Å². The minimum absolute atomic E-state index is 0.165. The third kappa shape index (κ3) is 4.43. The van der Waals surface area contributed by atoms with Crippen LogP contribution in [0.4, 0.5) is 22.0 Å². The molecule has 1 heterocycles. The van der Waals surface area contributed by atoms with Crippen molar-refractivity contribution in [3.63, 3.8) is 0 Å². The summed E-state index contributed by atoms with van der Waals surface area (Å²) in [4.78, 5) is 14.0. The predicted molar refractivity (Wildman–Crippen MR) is 93.5 cm³/mol. The van der Waals surface area contributed by atoms with E-state index in [-0.39, 0.29) is 23.9 Å². The summed E-state index contributed by atoms with van der Waals surface area (Å²) in [6.07, 6.45) is -4.30. The Bertz CT molecular complexity index is 839. The number of benzene rings is 2. The van der Waals surface area contributed by atoms with Gasteiger partial charge in [-0.25, -0.2) is 8.78 Å². The van der Waals surface area contributed by atoms with E-state index in [1.165, 1.54) is 28.8 Å². The van der Waals surface area contributed by atoms with E-state index in [0.29, 0.717) is 12.2 Å². The lowest BCUT2D eigenvalue weighted by Crippen LogP contribution is -2.34. The highest BCUT2D eigenvalue weighted by Gasteiger charge is 2.36. The van der Waals surface area contributed by atoms with Gasteiger partial charge in [0.15, 0.2) is 0 Å². The Morgan fingerprint density at radius 1 is 1.07 bits per heavy atom. The highest BCUT2D eigenvalue weighted by Crippen LogP contribution is 2.37. The highest BCUT2D eigenvalue weighted by atomic mass is 32.2. The average molecular weight is 401 g/mol. The minimum atomic E-state index is -4.62. The van der Waals surface area contributed by atoms with Crippen LogP contribution in [0.15, 0.2) is 42.5 Å². The molecule has 0 saturated carbocycles. The van der Waals surface area contributed by atoms with Crippen molar-refractivity contribution in [3.8, 4) is 0 Å². The van der Waals surface area contributed by atoms with Crippen LogP contribution in [-0.2, 0) is 6.18 Å². The first-order valence-electron chi connectivity index (χ1n) is 8.29. The topological polar surface area (TPSA) is 20.3 Å². The summed E-state index contributed by atoms with van der Waals surface area (Å²) < 4.78 is 67.0. The van der Waals surface area contributed by atoms with E-state index < -0.39 is 34.8 Å². The molecule has 2 aromatic carbocycles. The number of carbonyl (C=O) groups is 1. The summed E-state index contributed by atoms with van der Waals surface area (Å²) in [5.41, 5.74) is -1.16. The van der Waals surface area contributed by atoms with Gasteiger partial charge in [-0.3, -0.25) is 4.79 Å². The van der Waals surface area contributed by atoms with E-state index in [1.807, 2.05) is 0 Å². The molecule has 1 amide bonds. The minimum Gasteiger partial charge on any atom is -0.338 e. The van der Waals surface area contributed by atoms with Crippen molar-refractivity contribution in [2.75, 3.05) is 18.8 Å². The van der Waals surface area contributed by atoms with Crippen molar-refractivity contribution < 1.29 is 26.7 Å². The zero-order valence-electron chi connectivity index (χ0n) is 14.1. The molecular formula is C19H16F5NOS. The van der Waals surface area contributed by atoms with Crippen LogP contribution in [-0.4, -0.2) is 29.6 Å². The maximum atomic E-state index is 14.0. The smallest absolute Gasteiger partial charge is 0.338 e. The number of carbonyl (C=O) groups excluding carboxylic acids is 1. The van der Waals surface area contributed by atoms with Gasteiger partial charge in [-0.05, 0) is 36.8 Å². The number of rotatable bonds is 2. The first kappa shape index (κ1) is 19.7. The van der Waals surface area contributed by atoms with E-state index in [9.17, 15) is 26.7 Å². The Kier molecular flexibility index (Phi) is 5.74. The molecule has 1 saturated heterocycles. The molecule has 1 aliphatic rings. The third-order valence-corrected chi connectivity index (χ3v) is 5.71. The normalized spacial score (nSPS) is 18.3. The zero-order valence-corrected chi connectivity index (χ0v) is 14.9. The van der Waals surface area contributed by atoms with Crippen molar-refractivity contribution in [2.24, 2.45) is 0 Å². The summed E-state index contributed by atoms with van der Waals surface area (Å²) in [5, 5.41) is -0.364. The Balaban J connectivity index is 1.79. The van der Waals surface area contributed by atoms with Crippen molar-refractivity contribution >= 4 is 17.7 Å². The molecule has 1 atom stereocenters. The lowest BCUT2D eigenvalue weighted by molar-refractivity contribution is -0.138. The molecule has 2 nitrogen and oxygen atoms in total. The van der Waals surface area contributed by atoms with Gasteiger partial charge < -0.3 is 4.90 Å². The molecule has 0 spiro atoms. The Morgan fingerprint density at radius 2 is 1.81 bits per heavy atom. The highest BCUT2D eigenvalue weighted by molar-refractivity contribution is 7.99. The van der Waals surface area contributed by atoms with Crippen LogP contribution >= 0.6 is 11.8 Å². The summed E-state index contributed by atoms with van der Waals surface area (Å²) in [5.74, 6) is -1.37. The largest absolute Gasteiger partial charge is 0.417 e. The van der Waals surface area contributed by atoms with Gasteiger partial charge in [-0.15, -0.1) is 0 Å². The second-order valence-corrected chi connectivity index (χ2v) is 7.46. The van der Waals surface area contributed by atoms with Crippen molar-refractivity contribution in [1.82, 2.24) is 4.90 Å². The van der Waals surface area contributed by atoms with Crippen molar-refractivity contribution in [2.45, 2.75) is 17.8 Å². The lowest BCUT2D eigenvalue weighted by atomic mass is 10.0. The summed E-state index contributed by atoms with van der Waals surface area (Å²) in [6.45, 7) is 0.405. The Morgan fingerprint density at radius 3 is 2.56 bits per heavy atom. The molecule has 1 aliphatic heterocycles. The number of hydrogen-bond acceptors (Lipinski definition) is 2. The fourth-order valence-corrected chi connectivity index (χ4v) is 4.31. The molecule has 2 aromatic rings. The van der Waals surface area contributed by atoms with Crippen molar-refractivity contribution in [1.29, 1.82) is 0 Å². The molecule has 144 valence electrons. The fourth-order valence-electron chi connectivity index (χ4n) is 3.07. The standard InChI is InChI=1S/C19H16F5NOS/c20-12-5-6-16(21)14(11-12)17-7-8-25(9-10-27-17)18(26)13-3-1-2-4-15(13)19(22,23)24/h1-6,11,17H,7-10H2/t17-/m0/s1. The summed E-state index contributed by atoms with van der Waals surface area (Å²) >= 11 is 1.36. The molecule has 1 fully saturated rings. The molecule has 27 heavy (non-hydrogen) atoms. The van der Waals surface area contributed by atoms with Gasteiger partial charge in [0.1, 0.15) is 11.6 Å². The van der Waals surface area contributed by atoms with Crippen LogP contribution in [0.25, 0.3) is 0 Å². The van der Waals surface area contributed by atoms with Gasteiger partial charge >= 0.3 is 6.18 Å². The second kappa shape index (κ2) is 7.88. The van der Waals surface area contributed by atoms with Crippen LogP contribution in [0.1, 0.15) is 33.2 Å². The first-order valence-corrected chi connectivity index (χ1v) is 9.34. The average Bonchev–Trinajstić information content (AvgIpc) is 2.88. The molecule has 0 unspecified atom stereocenters. The van der Waals surface area contributed by atoms with Gasteiger partial charge in [0.25, 0.3) is 5.91 Å². The molecule has 0 aromatic heterocycles. The number of nitrogens with zero attached hydrogens (tertiary/aromatic N) is 1. The molecule has 0 N–H and O–H groups in total. The van der Waals surface area contributed by atoms with Gasteiger partial charge in [0, 0.05) is 29.7 Å². The van der Waals surface area contributed by atoms with Gasteiger partial charge in [-0.1, -0.05) is 12.1 Å². The maximum Gasteiger partial charge on any atom is 0.417 e. The van der Waals surface area contributed by atoms with E-state index in [4.69, 9.17) is 0 Å². The Hall–Kier alpha value is -2.09. The first-order chi connectivity index (χ1) is 12.8. The summed E-state index contributed by atoms with van der Waals surface area (Å²) in [7, 11) is 0. The van der Waals surface area contributed by atoms with E-state index in [2.05, 4.69) is 0 Å². The number of alkyl halides is 3. The van der Waals surface area contributed by atoms with Crippen LogP contribution in [0.2, 0.25) is 0 Å². The predicted octanol–water partition coefficient (Wildman–Crippen LogP) is 5.30. The lowest BCUT2D eigenvalue weighted by Gasteiger charge is -2.22. The quantitative estimate of drug-likeness (QED) is 0.636. The fraction of sp³-hybridized carbons (Fsp3) is 0.316. The van der Waals surface area contributed by atoms with Crippen LogP contribution < -0.4 is 0 Å². The van der Waals surface area contributed by atoms with E-state index in [0.717, 1.165) is 30.3 Å². The number of amides is 1. The van der Waals surface area contributed by atoms with Crippen LogP contribution in [0.5, 0.6) is 0 Å². The molecule has 8 heteroatoms. The van der Waals surface area contributed by atoms with Crippen LogP contribution in [0.3, 0.4) is 0 Å². The summed E-state index contributed by atoms with van der Waals surface area (Å²) in [6, 6.07) is 7.88. The molecule has 0 bridgehead atoms. The van der Waals surface area contributed by atoms with Crippen molar-refractivity contribution in [3.05, 3.63) is 70.8 Å². The van der Waals surface area contributed by atoms with Gasteiger partial charge in [0.2, 0.25) is 0 Å². The number of hydrogen-bond donors (Lipinski definition) is 0. The monoisotopic (exact) mass is 401 g/mol. The number of thioether (sulfide) groups is 1. The Labute approximate surface area is 157 Å². The molecular weight excluding hydrogens is 385 g/mol. The third-order valence-electron chi connectivity index (χ3n) is 4.40. The maximum absolute atomic E-state index is 14.0. The van der Waals surface area contributed by atoms with E-state index in [1.54, 1.807) is 0 Å². The molecule has 3 rings (SSSR count). The zero-order chi connectivity index (χ0) is 19.6.